The average Bonchev–Trinajstić information content (AvgIpc) is 3.33. The van der Waals surface area contributed by atoms with E-state index >= 15 is 0 Å². The Hall–Kier alpha value is -2.61. The SMILES string of the molecule is CN(C)CCNC(=O)CCCC(=O)c1c(-c2cc3cc(Cl)ccc3[nH]2)[nH]c2cc(Br)ccc12. The Morgan fingerprint density at radius 1 is 1.03 bits per heavy atom. The molecule has 172 valence electrons. The lowest BCUT2D eigenvalue weighted by Crippen LogP contribution is -2.31. The molecular weight excluding hydrogens is 504 g/mol. The van der Waals surface area contributed by atoms with Crippen molar-refractivity contribution in [3.63, 3.8) is 0 Å². The zero-order valence-electron chi connectivity index (χ0n) is 18.6. The van der Waals surface area contributed by atoms with Gasteiger partial charge in [-0.3, -0.25) is 9.59 Å². The largest absolute Gasteiger partial charge is 0.355 e. The fourth-order valence-corrected chi connectivity index (χ4v) is 4.48. The molecule has 2 aromatic heterocycles. The van der Waals surface area contributed by atoms with Crippen molar-refractivity contribution >= 4 is 61.0 Å². The van der Waals surface area contributed by atoms with Crippen LogP contribution in [0.3, 0.4) is 0 Å². The summed E-state index contributed by atoms with van der Waals surface area (Å²) in [6.07, 6.45) is 1.12. The molecule has 0 atom stereocenters. The third kappa shape index (κ3) is 5.49. The lowest BCUT2D eigenvalue weighted by atomic mass is 10.0. The zero-order valence-corrected chi connectivity index (χ0v) is 20.9. The van der Waals surface area contributed by atoms with E-state index in [1.165, 1.54) is 0 Å². The molecule has 0 aliphatic rings. The minimum absolute atomic E-state index is 0.0105. The number of ketones is 1. The highest BCUT2D eigenvalue weighted by Gasteiger charge is 2.21. The predicted octanol–water partition coefficient (Wildman–Crippen LogP) is 5.76. The molecule has 0 fully saturated rings. The van der Waals surface area contributed by atoms with Crippen LogP contribution in [0.25, 0.3) is 33.2 Å². The third-order valence-corrected chi connectivity index (χ3v) is 6.31. The number of hydrogen-bond donors (Lipinski definition) is 3. The van der Waals surface area contributed by atoms with Crippen LogP contribution in [0.15, 0.2) is 46.9 Å². The van der Waals surface area contributed by atoms with Crippen LogP contribution in [0.1, 0.15) is 29.6 Å². The number of nitrogens with zero attached hydrogens (tertiary/aromatic N) is 1. The number of Topliss-reactive ketones (excluding diaryl/α,β-unsaturated/α-hetero) is 1. The minimum atomic E-state index is -0.0276. The van der Waals surface area contributed by atoms with Crippen LogP contribution < -0.4 is 5.32 Å². The number of likely N-dealkylation sites (N-methyl/N-ethyl adjacent to an activating group) is 1. The molecule has 6 nitrogen and oxygen atoms in total. The Kier molecular flexibility index (Phi) is 7.22. The van der Waals surface area contributed by atoms with Crippen molar-refractivity contribution in [2.45, 2.75) is 19.3 Å². The van der Waals surface area contributed by atoms with Crippen LogP contribution in [-0.4, -0.2) is 53.7 Å². The van der Waals surface area contributed by atoms with Gasteiger partial charge in [-0.05, 0) is 56.9 Å². The van der Waals surface area contributed by atoms with Crippen LogP contribution in [0.2, 0.25) is 5.02 Å². The molecule has 0 aliphatic heterocycles. The van der Waals surface area contributed by atoms with E-state index < -0.39 is 0 Å². The fourth-order valence-electron chi connectivity index (χ4n) is 3.94. The number of fused-ring (bicyclic) bond motifs is 2. The second kappa shape index (κ2) is 10.1. The van der Waals surface area contributed by atoms with Crippen molar-refractivity contribution in [2.24, 2.45) is 0 Å². The summed E-state index contributed by atoms with van der Waals surface area (Å²) < 4.78 is 0.930. The van der Waals surface area contributed by atoms with Gasteiger partial charge in [-0.2, -0.15) is 0 Å². The van der Waals surface area contributed by atoms with Crippen molar-refractivity contribution in [3.05, 3.63) is 57.5 Å². The number of benzene rings is 2. The van der Waals surface area contributed by atoms with Crippen LogP contribution in [0.5, 0.6) is 0 Å². The Balaban J connectivity index is 1.58. The number of aromatic nitrogens is 2. The Morgan fingerprint density at radius 2 is 1.85 bits per heavy atom. The van der Waals surface area contributed by atoms with Gasteiger partial charge in [0.25, 0.3) is 0 Å². The number of hydrogen-bond acceptors (Lipinski definition) is 3. The van der Waals surface area contributed by atoms with Gasteiger partial charge in [0.15, 0.2) is 5.78 Å². The number of amides is 1. The van der Waals surface area contributed by atoms with Crippen molar-refractivity contribution in [3.8, 4) is 11.4 Å². The average molecular weight is 530 g/mol. The molecule has 0 spiro atoms. The van der Waals surface area contributed by atoms with Gasteiger partial charge in [0.2, 0.25) is 5.91 Å². The monoisotopic (exact) mass is 528 g/mol. The molecule has 2 heterocycles. The highest BCUT2D eigenvalue weighted by molar-refractivity contribution is 9.10. The molecular formula is C25H26BrClN4O2. The molecule has 33 heavy (non-hydrogen) atoms. The maximum Gasteiger partial charge on any atom is 0.220 e. The number of nitrogens with one attached hydrogen (secondary N) is 3. The van der Waals surface area contributed by atoms with Gasteiger partial charge >= 0.3 is 0 Å². The number of carbonyl (C=O) groups excluding carboxylic acids is 2. The minimum Gasteiger partial charge on any atom is -0.355 e. The van der Waals surface area contributed by atoms with E-state index in [-0.39, 0.29) is 11.7 Å². The first kappa shape index (κ1) is 23.5. The third-order valence-electron chi connectivity index (χ3n) is 5.58. The van der Waals surface area contributed by atoms with E-state index in [2.05, 4.69) is 31.2 Å². The molecule has 0 saturated carbocycles. The van der Waals surface area contributed by atoms with Gasteiger partial charge in [0.05, 0.1) is 17.0 Å². The van der Waals surface area contributed by atoms with E-state index in [0.717, 1.165) is 44.2 Å². The second-order valence-corrected chi connectivity index (χ2v) is 9.76. The van der Waals surface area contributed by atoms with Gasteiger partial charge in [-0.25, -0.2) is 0 Å². The fraction of sp³-hybridized carbons (Fsp3) is 0.280. The Bertz CT molecular complexity index is 1320. The summed E-state index contributed by atoms with van der Waals surface area (Å²) in [5.74, 6) is -0.0171. The highest BCUT2D eigenvalue weighted by Crippen LogP contribution is 2.34. The molecule has 0 unspecified atom stereocenters. The molecule has 0 radical (unpaired) electrons. The van der Waals surface area contributed by atoms with Crippen molar-refractivity contribution < 1.29 is 9.59 Å². The van der Waals surface area contributed by atoms with Gasteiger partial charge < -0.3 is 20.2 Å². The molecule has 4 rings (SSSR count). The standard InChI is InChI=1S/C25H26BrClN4O2/c1-31(2)11-10-28-23(33)5-3-4-22(32)24-18-8-6-16(26)14-20(18)30-25(24)21-13-15-12-17(27)7-9-19(15)29-21/h6-9,12-14,29-30H,3-5,10-11H2,1-2H3,(H,28,33). The zero-order chi connectivity index (χ0) is 23.5. The first-order valence-electron chi connectivity index (χ1n) is 10.9. The highest BCUT2D eigenvalue weighted by atomic mass is 79.9. The number of H-pyrrole nitrogens is 2. The first-order valence-corrected chi connectivity index (χ1v) is 12.0. The second-order valence-electron chi connectivity index (χ2n) is 8.41. The smallest absolute Gasteiger partial charge is 0.220 e. The molecule has 2 aromatic carbocycles. The topological polar surface area (TPSA) is 81.0 Å². The van der Waals surface area contributed by atoms with Crippen LogP contribution in [0, 0.1) is 0 Å². The summed E-state index contributed by atoms with van der Waals surface area (Å²) in [7, 11) is 3.92. The maximum absolute atomic E-state index is 13.3. The number of aromatic amines is 2. The molecule has 3 N–H and O–H groups in total. The molecule has 1 amide bonds. The van der Waals surface area contributed by atoms with Gasteiger partial charge in [0, 0.05) is 57.2 Å². The Morgan fingerprint density at radius 3 is 2.64 bits per heavy atom. The number of rotatable bonds is 9. The maximum atomic E-state index is 13.3. The van der Waals surface area contributed by atoms with Crippen LogP contribution in [-0.2, 0) is 4.79 Å². The lowest BCUT2D eigenvalue weighted by molar-refractivity contribution is -0.121. The van der Waals surface area contributed by atoms with E-state index in [9.17, 15) is 9.59 Å². The summed E-state index contributed by atoms with van der Waals surface area (Å²) >= 11 is 9.66. The summed E-state index contributed by atoms with van der Waals surface area (Å²) in [5, 5.41) is 5.40. The van der Waals surface area contributed by atoms with Crippen LogP contribution >= 0.6 is 27.5 Å². The van der Waals surface area contributed by atoms with Crippen LogP contribution in [0.4, 0.5) is 0 Å². The van der Waals surface area contributed by atoms with E-state index in [1.807, 2.05) is 61.5 Å². The predicted molar refractivity (Wildman–Crippen MR) is 138 cm³/mol. The molecule has 0 aliphatic carbocycles. The summed E-state index contributed by atoms with van der Waals surface area (Å²) in [6, 6.07) is 13.5. The molecule has 4 aromatic rings. The summed E-state index contributed by atoms with van der Waals surface area (Å²) in [4.78, 5) is 34.3. The molecule has 0 bridgehead atoms. The van der Waals surface area contributed by atoms with Crippen molar-refractivity contribution in [2.75, 3.05) is 27.2 Å². The molecule has 8 heteroatoms. The van der Waals surface area contributed by atoms with Gasteiger partial charge in [0.1, 0.15) is 0 Å². The normalized spacial score (nSPS) is 11.5. The summed E-state index contributed by atoms with van der Waals surface area (Å²) in [6.45, 7) is 1.39. The van der Waals surface area contributed by atoms with Crippen molar-refractivity contribution in [1.82, 2.24) is 20.2 Å². The first-order chi connectivity index (χ1) is 15.8. The van der Waals surface area contributed by atoms with Gasteiger partial charge in [-0.1, -0.05) is 33.6 Å². The quantitative estimate of drug-likeness (QED) is 0.241. The van der Waals surface area contributed by atoms with Gasteiger partial charge in [-0.15, -0.1) is 0 Å². The van der Waals surface area contributed by atoms with E-state index in [4.69, 9.17) is 11.6 Å². The van der Waals surface area contributed by atoms with E-state index in [0.29, 0.717) is 36.4 Å². The number of carbonyl (C=O) groups is 2. The summed E-state index contributed by atoms with van der Waals surface area (Å²) in [5.41, 5.74) is 4.03. The Labute approximate surface area is 205 Å². The lowest BCUT2D eigenvalue weighted by Gasteiger charge is -2.10. The molecule has 0 saturated heterocycles. The van der Waals surface area contributed by atoms with Crippen molar-refractivity contribution in [1.29, 1.82) is 0 Å². The number of halogens is 2. The van der Waals surface area contributed by atoms with E-state index in [1.54, 1.807) is 0 Å².